The lowest BCUT2D eigenvalue weighted by Crippen LogP contribution is -2.53. The van der Waals surface area contributed by atoms with Crippen molar-refractivity contribution in [3.63, 3.8) is 0 Å². The molecular formula is C19H28N2O5. The molecule has 0 aromatic heterocycles. The van der Waals surface area contributed by atoms with E-state index >= 15 is 0 Å². The standard InChI is InChI=1S/C19H28N2O5/c1-5-6-10-14(19(24)25)20-18(23)16(12(2)3)21-17(22)13-9-7-8-11-15(13)26-4/h7-9,11-12,14,16H,5-6,10H2,1-4H3,(H,20,23)(H,21,22)(H,24,25)/t14-,16?/m0/s1. The topological polar surface area (TPSA) is 105 Å². The molecule has 0 fully saturated rings. The molecule has 0 spiro atoms. The summed E-state index contributed by atoms with van der Waals surface area (Å²) in [5.74, 6) is -1.85. The number of amides is 2. The lowest BCUT2D eigenvalue weighted by Gasteiger charge is -2.24. The molecule has 0 heterocycles. The highest BCUT2D eigenvalue weighted by Crippen LogP contribution is 2.17. The van der Waals surface area contributed by atoms with Crippen molar-refractivity contribution in [1.82, 2.24) is 10.6 Å². The first kappa shape index (κ1) is 21.5. The van der Waals surface area contributed by atoms with Gasteiger partial charge in [0.1, 0.15) is 17.8 Å². The number of aliphatic carboxylic acids is 1. The largest absolute Gasteiger partial charge is 0.496 e. The van der Waals surface area contributed by atoms with E-state index in [1.165, 1.54) is 7.11 Å². The molecule has 1 aromatic carbocycles. The van der Waals surface area contributed by atoms with E-state index in [0.717, 1.165) is 6.42 Å². The van der Waals surface area contributed by atoms with Crippen molar-refractivity contribution >= 4 is 17.8 Å². The van der Waals surface area contributed by atoms with Crippen LogP contribution in [0.1, 0.15) is 50.4 Å². The van der Waals surface area contributed by atoms with Gasteiger partial charge < -0.3 is 20.5 Å². The number of carbonyl (C=O) groups excluding carboxylic acids is 2. The summed E-state index contributed by atoms with van der Waals surface area (Å²) >= 11 is 0. The Bertz CT molecular complexity index is 630. The monoisotopic (exact) mass is 364 g/mol. The van der Waals surface area contributed by atoms with Gasteiger partial charge in [-0.25, -0.2) is 4.79 Å². The fourth-order valence-electron chi connectivity index (χ4n) is 2.51. The summed E-state index contributed by atoms with van der Waals surface area (Å²) in [6.45, 7) is 5.52. The van der Waals surface area contributed by atoms with Crippen molar-refractivity contribution < 1.29 is 24.2 Å². The molecule has 0 saturated heterocycles. The number of rotatable bonds is 10. The molecule has 0 aliphatic heterocycles. The predicted molar refractivity (Wildman–Crippen MR) is 98.2 cm³/mol. The maximum absolute atomic E-state index is 12.6. The second-order valence-electron chi connectivity index (χ2n) is 6.44. The number of benzene rings is 1. The number of carbonyl (C=O) groups is 3. The van der Waals surface area contributed by atoms with Gasteiger partial charge in [0.25, 0.3) is 5.91 Å². The molecule has 1 rings (SSSR count). The Labute approximate surface area is 154 Å². The number of hydrogen-bond donors (Lipinski definition) is 3. The van der Waals surface area contributed by atoms with Crippen LogP contribution < -0.4 is 15.4 Å². The van der Waals surface area contributed by atoms with Crippen LogP contribution in [0.5, 0.6) is 5.75 Å². The highest BCUT2D eigenvalue weighted by atomic mass is 16.5. The number of ether oxygens (including phenoxy) is 1. The van der Waals surface area contributed by atoms with Crippen LogP contribution in [-0.2, 0) is 9.59 Å². The Morgan fingerprint density at radius 2 is 1.81 bits per heavy atom. The first-order chi connectivity index (χ1) is 12.3. The zero-order chi connectivity index (χ0) is 19.7. The third-order valence-corrected chi connectivity index (χ3v) is 4.05. The number of unbranched alkanes of at least 4 members (excludes halogenated alkanes) is 1. The predicted octanol–water partition coefficient (Wildman–Crippen LogP) is 2.21. The van der Waals surface area contributed by atoms with E-state index in [1.54, 1.807) is 38.1 Å². The number of methoxy groups -OCH3 is 1. The Hall–Kier alpha value is -2.57. The molecule has 1 aromatic rings. The molecule has 0 bridgehead atoms. The van der Waals surface area contributed by atoms with Gasteiger partial charge >= 0.3 is 5.97 Å². The maximum Gasteiger partial charge on any atom is 0.326 e. The van der Waals surface area contributed by atoms with Gasteiger partial charge in [0.05, 0.1) is 12.7 Å². The minimum atomic E-state index is -1.08. The molecule has 26 heavy (non-hydrogen) atoms. The Kier molecular flexibility index (Phi) is 8.61. The lowest BCUT2D eigenvalue weighted by atomic mass is 10.0. The van der Waals surface area contributed by atoms with Crippen LogP contribution in [0.25, 0.3) is 0 Å². The lowest BCUT2D eigenvalue weighted by molar-refractivity contribution is -0.142. The first-order valence-electron chi connectivity index (χ1n) is 8.78. The van der Waals surface area contributed by atoms with Gasteiger partial charge in [-0.2, -0.15) is 0 Å². The smallest absolute Gasteiger partial charge is 0.326 e. The fourth-order valence-corrected chi connectivity index (χ4v) is 2.51. The average molecular weight is 364 g/mol. The summed E-state index contributed by atoms with van der Waals surface area (Å²) in [6.07, 6.45) is 1.87. The molecule has 0 radical (unpaired) electrons. The minimum Gasteiger partial charge on any atom is -0.496 e. The summed E-state index contributed by atoms with van der Waals surface area (Å²) in [5, 5.41) is 14.5. The van der Waals surface area contributed by atoms with Gasteiger partial charge in [-0.3, -0.25) is 9.59 Å². The summed E-state index contributed by atoms with van der Waals surface area (Å²) < 4.78 is 5.17. The van der Waals surface area contributed by atoms with E-state index < -0.39 is 29.9 Å². The van der Waals surface area contributed by atoms with Gasteiger partial charge in [-0.1, -0.05) is 45.7 Å². The van der Waals surface area contributed by atoms with Gasteiger partial charge in [0.2, 0.25) is 5.91 Å². The van der Waals surface area contributed by atoms with E-state index in [1.807, 2.05) is 6.92 Å². The molecule has 0 aliphatic rings. The van der Waals surface area contributed by atoms with Crippen molar-refractivity contribution in [1.29, 1.82) is 0 Å². The van der Waals surface area contributed by atoms with Crippen molar-refractivity contribution in [2.24, 2.45) is 5.92 Å². The maximum atomic E-state index is 12.6. The van der Waals surface area contributed by atoms with E-state index in [2.05, 4.69) is 10.6 Å². The van der Waals surface area contributed by atoms with E-state index in [-0.39, 0.29) is 5.92 Å². The Morgan fingerprint density at radius 3 is 2.35 bits per heavy atom. The Balaban J connectivity index is 2.89. The molecule has 7 heteroatoms. The zero-order valence-electron chi connectivity index (χ0n) is 15.7. The van der Waals surface area contributed by atoms with Crippen LogP contribution >= 0.6 is 0 Å². The van der Waals surface area contributed by atoms with Crippen LogP contribution in [0, 0.1) is 5.92 Å². The number of hydrogen-bond acceptors (Lipinski definition) is 4. The molecule has 1 unspecified atom stereocenters. The minimum absolute atomic E-state index is 0.214. The Morgan fingerprint density at radius 1 is 1.15 bits per heavy atom. The fraction of sp³-hybridized carbons (Fsp3) is 0.526. The van der Waals surface area contributed by atoms with Gasteiger partial charge in [0.15, 0.2) is 0 Å². The molecule has 2 atom stereocenters. The van der Waals surface area contributed by atoms with E-state index in [9.17, 15) is 19.5 Å². The molecule has 2 amide bonds. The molecule has 7 nitrogen and oxygen atoms in total. The second kappa shape index (κ2) is 10.4. The number of carboxylic acid groups (broad SMARTS) is 1. The van der Waals surface area contributed by atoms with Crippen LogP contribution in [0.3, 0.4) is 0 Å². The van der Waals surface area contributed by atoms with Crippen molar-refractivity contribution in [2.75, 3.05) is 7.11 Å². The van der Waals surface area contributed by atoms with Crippen LogP contribution in [0.4, 0.5) is 0 Å². The quantitative estimate of drug-likeness (QED) is 0.590. The third-order valence-electron chi connectivity index (χ3n) is 4.05. The zero-order valence-corrected chi connectivity index (χ0v) is 15.7. The molecule has 3 N–H and O–H groups in total. The first-order valence-corrected chi connectivity index (χ1v) is 8.78. The van der Waals surface area contributed by atoms with E-state index in [0.29, 0.717) is 24.2 Å². The number of para-hydroxylation sites is 1. The molecule has 0 aliphatic carbocycles. The summed E-state index contributed by atoms with van der Waals surface area (Å²) in [4.78, 5) is 36.5. The van der Waals surface area contributed by atoms with Gasteiger partial charge in [-0.05, 0) is 24.5 Å². The molecule has 144 valence electrons. The number of nitrogens with one attached hydrogen (secondary N) is 2. The molecule has 0 saturated carbocycles. The van der Waals surface area contributed by atoms with Crippen LogP contribution in [0.2, 0.25) is 0 Å². The highest BCUT2D eigenvalue weighted by molar-refractivity contribution is 6.00. The van der Waals surface area contributed by atoms with Crippen LogP contribution in [0.15, 0.2) is 24.3 Å². The van der Waals surface area contributed by atoms with Crippen LogP contribution in [-0.4, -0.2) is 42.1 Å². The SMILES string of the molecule is CCCC[C@H](NC(=O)C(NC(=O)c1ccccc1OC)C(C)C)C(=O)O. The molecular weight excluding hydrogens is 336 g/mol. The van der Waals surface area contributed by atoms with Crippen molar-refractivity contribution in [2.45, 2.75) is 52.1 Å². The van der Waals surface area contributed by atoms with Gasteiger partial charge in [0, 0.05) is 0 Å². The van der Waals surface area contributed by atoms with E-state index in [4.69, 9.17) is 4.74 Å². The normalized spacial score (nSPS) is 13.0. The highest BCUT2D eigenvalue weighted by Gasteiger charge is 2.29. The number of carboxylic acids is 1. The van der Waals surface area contributed by atoms with Gasteiger partial charge in [-0.15, -0.1) is 0 Å². The van der Waals surface area contributed by atoms with Crippen molar-refractivity contribution in [3.8, 4) is 5.75 Å². The van der Waals surface area contributed by atoms with Crippen molar-refractivity contribution in [3.05, 3.63) is 29.8 Å². The summed E-state index contributed by atoms with van der Waals surface area (Å²) in [5.41, 5.74) is 0.314. The second-order valence-corrected chi connectivity index (χ2v) is 6.44. The average Bonchev–Trinajstić information content (AvgIpc) is 2.62. The third kappa shape index (κ3) is 6.06. The summed E-state index contributed by atoms with van der Waals surface area (Å²) in [7, 11) is 1.46. The summed E-state index contributed by atoms with van der Waals surface area (Å²) in [6, 6.07) is 4.89.